The minimum atomic E-state index is -0.0817. The molecule has 9 heteroatoms. The molecule has 156 valence electrons. The molecule has 30 heavy (non-hydrogen) atoms. The Bertz CT molecular complexity index is 1010. The zero-order valence-electron chi connectivity index (χ0n) is 16.7. The zero-order valence-corrected chi connectivity index (χ0v) is 17.6. The van der Waals surface area contributed by atoms with E-state index >= 15 is 0 Å². The van der Waals surface area contributed by atoms with Crippen molar-refractivity contribution in [3.05, 3.63) is 47.7 Å². The van der Waals surface area contributed by atoms with Crippen molar-refractivity contribution in [1.29, 1.82) is 0 Å². The quantitative estimate of drug-likeness (QED) is 0.625. The first kappa shape index (κ1) is 20.2. The largest absolute Gasteiger partial charge is 0.497 e. The molecule has 1 aliphatic rings. The number of aromatic nitrogens is 3. The Morgan fingerprint density at radius 3 is 3.07 bits per heavy atom. The topological polar surface area (TPSA) is 106 Å². The zero-order chi connectivity index (χ0) is 20.9. The minimum Gasteiger partial charge on any atom is -0.497 e. The smallest absolute Gasteiger partial charge is 0.240 e. The van der Waals surface area contributed by atoms with Crippen molar-refractivity contribution in [1.82, 2.24) is 19.9 Å². The number of carbonyl (C=O) groups excluding carboxylic acids is 1. The van der Waals surface area contributed by atoms with Crippen molar-refractivity contribution >= 4 is 28.3 Å². The fourth-order valence-corrected chi connectivity index (χ4v) is 4.34. The maximum absolute atomic E-state index is 12.6. The summed E-state index contributed by atoms with van der Waals surface area (Å²) in [6.07, 6.45) is 6.44. The number of thiazole rings is 1. The number of nitrogens with zero attached hydrogens (tertiary/aromatic N) is 4. The molecule has 0 spiro atoms. The number of anilines is 2. The molecular formula is C21H24N6O2S. The summed E-state index contributed by atoms with van der Waals surface area (Å²) < 4.78 is 5.38. The number of amides is 1. The van der Waals surface area contributed by atoms with Gasteiger partial charge in [-0.05, 0) is 37.1 Å². The number of rotatable bonds is 6. The fourth-order valence-electron chi connectivity index (χ4n) is 3.79. The predicted octanol–water partition coefficient (Wildman–Crippen LogP) is 3.36. The van der Waals surface area contributed by atoms with E-state index in [-0.39, 0.29) is 24.4 Å². The number of ether oxygens (including phenoxy) is 1. The summed E-state index contributed by atoms with van der Waals surface area (Å²) >= 11 is 1.41. The molecule has 0 radical (unpaired) electrons. The molecule has 3 N–H and O–H groups in total. The summed E-state index contributed by atoms with van der Waals surface area (Å²) in [4.78, 5) is 27.7. The Kier molecular flexibility index (Phi) is 6.20. The first-order valence-electron chi connectivity index (χ1n) is 9.84. The van der Waals surface area contributed by atoms with Crippen molar-refractivity contribution < 1.29 is 9.53 Å². The lowest BCUT2D eigenvalue weighted by Gasteiger charge is -2.35. The average molecular weight is 425 g/mol. The van der Waals surface area contributed by atoms with Gasteiger partial charge in [-0.3, -0.25) is 9.69 Å². The molecular weight excluding hydrogens is 400 g/mol. The van der Waals surface area contributed by atoms with Crippen molar-refractivity contribution in [2.24, 2.45) is 0 Å². The number of nitrogens with one attached hydrogen (secondary N) is 1. The molecule has 1 fully saturated rings. The average Bonchev–Trinajstić information content (AvgIpc) is 3.27. The molecule has 1 aliphatic heterocycles. The summed E-state index contributed by atoms with van der Waals surface area (Å²) in [5.41, 5.74) is 8.66. The van der Waals surface area contributed by atoms with Crippen LogP contribution in [0.2, 0.25) is 0 Å². The molecule has 0 bridgehead atoms. The van der Waals surface area contributed by atoms with Gasteiger partial charge in [0.2, 0.25) is 11.9 Å². The van der Waals surface area contributed by atoms with Crippen LogP contribution in [0, 0.1) is 0 Å². The summed E-state index contributed by atoms with van der Waals surface area (Å²) in [7, 11) is 1.64. The summed E-state index contributed by atoms with van der Waals surface area (Å²) in [5.74, 6) is 0.912. The van der Waals surface area contributed by atoms with Crippen LogP contribution in [0.1, 0.15) is 31.0 Å². The first-order chi connectivity index (χ1) is 14.6. The maximum Gasteiger partial charge on any atom is 0.240 e. The fraction of sp³-hybridized carbons (Fsp3) is 0.333. The van der Waals surface area contributed by atoms with Gasteiger partial charge in [-0.1, -0.05) is 18.6 Å². The van der Waals surface area contributed by atoms with Crippen LogP contribution in [-0.4, -0.2) is 46.0 Å². The normalized spacial score (nSPS) is 16.9. The first-order valence-corrected chi connectivity index (χ1v) is 10.7. The van der Waals surface area contributed by atoms with E-state index in [0.717, 1.165) is 48.4 Å². The third kappa shape index (κ3) is 4.58. The monoisotopic (exact) mass is 424 g/mol. The molecule has 1 aromatic carbocycles. The van der Waals surface area contributed by atoms with Gasteiger partial charge >= 0.3 is 0 Å². The van der Waals surface area contributed by atoms with E-state index in [0.29, 0.717) is 5.13 Å². The highest BCUT2D eigenvalue weighted by molar-refractivity contribution is 7.13. The van der Waals surface area contributed by atoms with Crippen molar-refractivity contribution in [3.63, 3.8) is 0 Å². The number of hydrogen-bond acceptors (Lipinski definition) is 8. The van der Waals surface area contributed by atoms with E-state index < -0.39 is 0 Å². The molecule has 3 aromatic rings. The summed E-state index contributed by atoms with van der Waals surface area (Å²) in [6.45, 7) is 1.09. The van der Waals surface area contributed by atoms with Crippen LogP contribution < -0.4 is 15.8 Å². The third-order valence-corrected chi connectivity index (χ3v) is 5.86. The van der Waals surface area contributed by atoms with Crippen LogP contribution in [0.5, 0.6) is 5.75 Å². The highest BCUT2D eigenvalue weighted by atomic mass is 32.1. The molecule has 1 amide bonds. The maximum atomic E-state index is 12.6. The highest BCUT2D eigenvalue weighted by Crippen LogP contribution is 2.36. The van der Waals surface area contributed by atoms with Crippen LogP contribution in [0.25, 0.3) is 11.1 Å². The number of hydrogen-bond donors (Lipinski definition) is 2. The number of piperidine rings is 1. The molecule has 0 saturated carbocycles. The van der Waals surface area contributed by atoms with E-state index in [4.69, 9.17) is 10.5 Å². The molecule has 0 unspecified atom stereocenters. The summed E-state index contributed by atoms with van der Waals surface area (Å²) in [6, 6.07) is 7.78. The lowest BCUT2D eigenvalue weighted by molar-refractivity contribution is -0.118. The van der Waals surface area contributed by atoms with Crippen LogP contribution in [-0.2, 0) is 4.79 Å². The van der Waals surface area contributed by atoms with Gasteiger partial charge in [-0.25, -0.2) is 15.0 Å². The van der Waals surface area contributed by atoms with Gasteiger partial charge < -0.3 is 15.8 Å². The molecule has 4 rings (SSSR count). The van der Waals surface area contributed by atoms with Crippen LogP contribution in [0.15, 0.2) is 42.0 Å². The molecule has 3 heterocycles. The number of benzene rings is 1. The van der Waals surface area contributed by atoms with Crippen molar-refractivity contribution in [2.75, 3.05) is 31.2 Å². The summed E-state index contributed by atoms with van der Waals surface area (Å²) in [5, 5.41) is 5.31. The van der Waals surface area contributed by atoms with Gasteiger partial charge in [-0.2, -0.15) is 0 Å². The lowest BCUT2D eigenvalue weighted by atomic mass is 9.93. The predicted molar refractivity (Wildman–Crippen MR) is 117 cm³/mol. The Morgan fingerprint density at radius 2 is 2.27 bits per heavy atom. The number of methoxy groups -OCH3 is 1. The van der Waals surface area contributed by atoms with E-state index in [1.807, 2.05) is 29.6 Å². The van der Waals surface area contributed by atoms with Gasteiger partial charge in [0.1, 0.15) is 5.75 Å². The Hall–Kier alpha value is -3.04. The minimum absolute atomic E-state index is 0.0210. The number of nitrogens with two attached hydrogens (primary N) is 1. The van der Waals surface area contributed by atoms with Gasteiger partial charge in [0.15, 0.2) is 5.13 Å². The second kappa shape index (κ2) is 9.19. The van der Waals surface area contributed by atoms with Gasteiger partial charge in [0, 0.05) is 23.3 Å². The van der Waals surface area contributed by atoms with Gasteiger partial charge in [0.05, 0.1) is 25.4 Å². The molecule has 0 aliphatic carbocycles. The second-order valence-electron chi connectivity index (χ2n) is 7.13. The van der Waals surface area contributed by atoms with Crippen molar-refractivity contribution in [2.45, 2.75) is 25.3 Å². The Balaban J connectivity index is 1.63. The van der Waals surface area contributed by atoms with Gasteiger partial charge in [-0.15, -0.1) is 11.3 Å². The van der Waals surface area contributed by atoms with E-state index in [2.05, 4.69) is 25.2 Å². The van der Waals surface area contributed by atoms with Crippen LogP contribution >= 0.6 is 11.3 Å². The second-order valence-corrected chi connectivity index (χ2v) is 8.02. The van der Waals surface area contributed by atoms with Crippen molar-refractivity contribution in [3.8, 4) is 16.9 Å². The number of carbonyl (C=O) groups is 1. The molecule has 2 aromatic heterocycles. The standard InChI is InChI=1S/C21H24N6O2S/c1-29-15-6-4-5-14(11-15)16-12-24-20(22)26-19(16)17-7-2-3-9-27(17)13-18(28)25-21-23-8-10-30-21/h4-6,8,10-12,17H,2-3,7,9,13H2,1H3,(H2,22,24,26)(H,23,25,28)/t17-/m0/s1. The van der Waals surface area contributed by atoms with E-state index in [1.54, 1.807) is 19.5 Å². The van der Waals surface area contributed by atoms with E-state index in [1.165, 1.54) is 11.3 Å². The SMILES string of the molecule is COc1cccc(-c2cnc(N)nc2[C@@H]2CCCCN2CC(=O)Nc2nccs2)c1. The lowest BCUT2D eigenvalue weighted by Crippen LogP contribution is -2.40. The highest BCUT2D eigenvalue weighted by Gasteiger charge is 2.29. The number of likely N-dealkylation sites (tertiary alicyclic amines) is 1. The third-order valence-electron chi connectivity index (χ3n) is 5.17. The molecule has 1 atom stereocenters. The van der Waals surface area contributed by atoms with Crippen LogP contribution in [0.3, 0.4) is 0 Å². The van der Waals surface area contributed by atoms with Gasteiger partial charge in [0.25, 0.3) is 0 Å². The Morgan fingerprint density at radius 1 is 1.37 bits per heavy atom. The molecule has 1 saturated heterocycles. The van der Waals surface area contributed by atoms with Crippen LogP contribution in [0.4, 0.5) is 11.1 Å². The number of nitrogen functional groups attached to an aromatic ring is 1. The molecule has 8 nitrogen and oxygen atoms in total. The van der Waals surface area contributed by atoms with E-state index in [9.17, 15) is 4.79 Å². The Labute approximate surface area is 179 Å².